The molecule has 1 N–H and O–H groups in total. The molecule has 0 aliphatic carbocycles. The molecule has 0 aliphatic rings. The van der Waals surface area contributed by atoms with Crippen molar-refractivity contribution in [3.8, 4) is 11.3 Å². The third-order valence-corrected chi connectivity index (χ3v) is 3.61. The summed E-state index contributed by atoms with van der Waals surface area (Å²) < 4.78 is 5.78. The Morgan fingerprint density at radius 2 is 1.95 bits per heavy atom. The van der Waals surface area contributed by atoms with Crippen LogP contribution in [0.2, 0.25) is 10.0 Å². The summed E-state index contributed by atoms with van der Waals surface area (Å²) in [5, 5.41) is 4.44. The van der Waals surface area contributed by atoms with E-state index in [4.69, 9.17) is 27.6 Å². The van der Waals surface area contributed by atoms with E-state index in [0.29, 0.717) is 10.0 Å². The summed E-state index contributed by atoms with van der Waals surface area (Å²) in [4.78, 5) is 0. The van der Waals surface area contributed by atoms with Crippen LogP contribution >= 0.6 is 23.2 Å². The fourth-order valence-electron chi connectivity index (χ4n) is 1.79. The van der Waals surface area contributed by atoms with Crippen LogP contribution < -0.4 is 5.32 Å². The summed E-state index contributed by atoms with van der Waals surface area (Å²) in [6.45, 7) is 3.94. The number of halogens is 2. The summed E-state index contributed by atoms with van der Waals surface area (Å²) >= 11 is 11.9. The number of rotatable bonds is 6. The first kappa shape index (κ1) is 14.4. The van der Waals surface area contributed by atoms with Gasteiger partial charge in [-0.05, 0) is 43.3 Å². The molecule has 0 bridgehead atoms. The molecule has 2 aromatic rings. The molecule has 1 heterocycles. The minimum Gasteiger partial charge on any atom is -0.460 e. The molecule has 0 radical (unpaired) electrons. The normalized spacial score (nSPS) is 10.9. The largest absolute Gasteiger partial charge is 0.460 e. The Kier molecular flexibility index (Phi) is 5.32. The second kappa shape index (κ2) is 6.99. The Labute approximate surface area is 123 Å². The Hall–Kier alpha value is -0.960. The molecule has 0 fully saturated rings. The number of nitrogens with one attached hydrogen (secondary N) is 1. The predicted molar refractivity (Wildman–Crippen MR) is 80.8 cm³/mol. The zero-order valence-electron chi connectivity index (χ0n) is 10.9. The Balaban J connectivity index is 2.01. The predicted octanol–water partition coefficient (Wildman–Crippen LogP) is 5.14. The topological polar surface area (TPSA) is 25.2 Å². The lowest BCUT2D eigenvalue weighted by atomic mass is 10.2. The molecular weight excluding hydrogens is 281 g/mol. The second-order valence-electron chi connectivity index (χ2n) is 4.43. The van der Waals surface area contributed by atoms with Crippen LogP contribution in [0, 0.1) is 0 Å². The zero-order chi connectivity index (χ0) is 13.7. The van der Waals surface area contributed by atoms with Crippen molar-refractivity contribution in [1.82, 2.24) is 5.32 Å². The van der Waals surface area contributed by atoms with E-state index < -0.39 is 0 Å². The summed E-state index contributed by atoms with van der Waals surface area (Å²) in [6, 6.07) is 9.44. The summed E-state index contributed by atoms with van der Waals surface area (Å²) in [7, 11) is 0. The van der Waals surface area contributed by atoms with Crippen molar-refractivity contribution >= 4 is 23.2 Å². The van der Waals surface area contributed by atoms with E-state index in [1.54, 1.807) is 6.07 Å². The quantitative estimate of drug-likeness (QED) is 0.747. The summed E-state index contributed by atoms with van der Waals surface area (Å²) in [5.74, 6) is 1.74. The monoisotopic (exact) mass is 297 g/mol. The van der Waals surface area contributed by atoms with Gasteiger partial charge in [0.1, 0.15) is 11.5 Å². The molecule has 2 rings (SSSR count). The van der Waals surface area contributed by atoms with Gasteiger partial charge in [0.2, 0.25) is 0 Å². The molecule has 0 amide bonds. The average molecular weight is 298 g/mol. The number of hydrogen-bond acceptors (Lipinski definition) is 2. The third-order valence-electron chi connectivity index (χ3n) is 2.87. The molecule has 1 aromatic heterocycles. The Morgan fingerprint density at radius 1 is 1.11 bits per heavy atom. The lowest BCUT2D eigenvalue weighted by Crippen LogP contribution is -2.13. The smallest absolute Gasteiger partial charge is 0.134 e. The van der Waals surface area contributed by atoms with Gasteiger partial charge in [0.15, 0.2) is 0 Å². The Morgan fingerprint density at radius 3 is 2.68 bits per heavy atom. The maximum atomic E-state index is 6.00. The van der Waals surface area contributed by atoms with Crippen molar-refractivity contribution in [2.75, 3.05) is 6.54 Å². The van der Waals surface area contributed by atoms with Crippen molar-refractivity contribution in [1.29, 1.82) is 0 Å². The minimum atomic E-state index is 0.540. The SMILES string of the molecule is CCCCNCc1ccc(-c2ccc(Cl)c(Cl)c2)o1. The first-order valence-electron chi connectivity index (χ1n) is 6.45. The molecule has 0 aliphatic heterocycles. The highest BCUT2D eigenvalue weighted by Crippen LogP contribution is 2.29. The van der Waals surface area contributed by atoms with Gasteiger partial charge in [-0.25, -0.2) is 0 Å². The average Bonchev–Trinajstić information content (AvgIpc) is 2.87. The van der Waals surface area contributed by atoms with Crippen molar-refractivity contribution in [2.45, 2.75) is 26.3 Å². The van der Waals surface area contributed by atoms with E-state index in [9.17, 15) is 0 Å². The van der Waals surface area contributed by atoms with Crippen LogP contribution in [0.15, 0.2) is 34.7 Å². The standard InChI is InChI=1S/C15H17Cl2NO/c1-2-3-8-18-10-12-5-7-15(19-12)11-4-6-13(16)14(17)9-11/h4-7,9,18H,2-3,8,10H2,1H3. The fourth-order valence-corrected chi connectivity index (χ4v) is 2.09. The maximum absolute atomic E-state index is 6.00. The van der Waals surface area contributed by atoms with Crippen LogP contribution in [-0.2, 0) is 6.54 Å². The van der Waals surface area contributed by atoms with Crippen molar-refractivity contribution < 1.29 is 4.42 Å². The molecule has 0 unspecified atom stereocenters. The van der Waals surface area contributed by atoms with Gasteiger partial charge in [-0.3, -0.25) is 0 Å². The van der Waals surface area contributed by atoms with E-state index in [1.165, 1.54) is 12.8 Å². The van der Waals surface area contributed by atoms with Gasteiger partial charge in [-0.15, -0.1) is 0 Å². The molecule has 0 saturated heterocycles. The number of unbranched alkanes of at least 4 members (excludes halogenated alkanes) is 1. The van der Waals surface area contributed by atoms with Gasteiger partial charge in [0.05, 0.1) is 16.6 Å². The molecule has 0 atom stereocenters. The fraction of sp³-hybridized carbons (Fsp3) is 0.333. The van der Waals surface area contributed by atoms with E-state index in [1.807, 2.05) is 24.3 Å². The van der Waals surface area contributed by atoms with Crippen LogP contribution in [-0.4, -0.2) is 6.54 Å². The first-order chi connectivity index (χ1) is 9.20. The second-order valence-corrected chi connectivity index (χ2v) is 5.24. The highest BCUT2D eigenvalue weighted by molar-refractivity contribution is 6.42. The minimum absolute atomic E-state index is 0.540. The van der Waals surface area contributed by atoms with Crippen LogP contribution in [0.1, 0.15) is 25.5 Å². The maximum Gasteiger partial charge on any atom is 0.134 e. The lowest BCUT2D eigenvalue weighted by molar-refractivity contribution is 0.490. The first-order valence-corrected chi connectivity index (χ1v) is 7.21. The molecule has 0 saturated carbocycles. The third kappa shape index (κ3) is 4.00. The number of furan rings is 1. The van der Waals surface area contributed by atoms with E-state index >= 15 is 0 Å². The summed E-state index contributed by atoms with van der Waals surface area (Å²) in [5.41, 5.74) is 0.939. The zero-order valence-corrected chi connectivity index (χ0v) is 12.4. The molecular formula is C15H17Cl2NO. The van der Waals surface area contributed by atoms with Gasteiger partial charge in [0.25, 0.3) is 0 Å². The van der Waals surface area contributed by atoms with Crippen LogP contribution in [0.4, 0.5) is 0 Å². The Bertz CT molecular complexity index is 537. The molecule has 4 heteroatoms. The van der Waals surface area contributed by atoms with Crippen LogP contribution in [0.3, 0.4) is 0 Å². The van der Waals surface area contributed by atoms with Gasteiger partial charge in [-0.2, -0.15) is 0 Å². The van der Waals surface area contributed by atoms with Crippen molar-refractivity contribution in [2.24, 2.45) is 0 Å². The summed E-state index contributed by atoms with van der Waals surface area (Å²) in [6.07, 6.45) is 2.38. The molecule has 102 valence electrons. The molecule has 0 spiro atoms. The van der Waals surface area contributed by atoms with Gasteiger partial charge >= 0.3 is 0 Å². The highest BCUT2D eigenvalue weighted by Gasteiger charge is 2.06. The molecule has 19 heavy (non-hydrogen) atoms. The number of benzene rings is 1. The van der Waals surface area contributed by atoms with Gasteiger partial charge in [-0.1, -0.05) is 36.5 Å². The molecule has 2 nitrogen and oxygen atoms in total. The van der Waals surface area contributed by atoms with E-state index in [0.717, 1.165) is 30.2 Å². The van der Waals surface area contributed by atoms with E-state index in [2.05, 4.69) is 12.2 Å². The number of hydrogen-bond donors (Lipinski definition) is 1. The van der Waals surface area contributed by atoms with Gasteiger partial charge < -0.3 is 9.73 Å². The van der Waals surface area contributed by atoms with Gasteiger partial charge in [0, 0.05) is 5.56 Å². The van der Waals surface area contributed by atoms with Crippen LogP contribution in [0.5, 0.6) is 0 Å². The van der Waals surface area contributed by atoms with E-state index in [-0.39, 0.29) is 0 Å². The highest BCUT2D eigenvalue weighted by atomic mass is 35.5. The lowest BCUT2D eigenvalue weighted by Gasteiger charge is -2.02. The van der Waals surface area contributed by atoms with Crippen LogP contribution in [0.25, 0.3) is 11.3 Å². The van der Waals surface area contributed by atoms with Crippen molar-refractivity contribution in [3.63, 3.8) is 0 Å². The molecule has 1 aromatic carbocycles. The van der Waals surface area contributed by atoms with Crippen molar-refractivity contribution in [3.05, 3.63) is 46.1 Å².